The van der Waals surface area contributed by atoms with Crippen molar-refractivity contribution in [3.05, 3.63) is 48.3 Å². The Hall–Kier alpha value is -3.56. The molecule has 3 rings (SSSR count). The lowest BCUT2D eigenvalue weighted by atomic mass is 9.96. The Labute approximate surface area is 217 Å². The van der Waals surface area contributed by atoms with Gasteiger partial charge in [0.1, 0.15) is 24.2 Å². The third kappa shape index (κ3) is 6.81. The Kier molecular flexibility index (Phi) is 9.18. The highest BCUT2D eigenvalue weighted by Gasteiger charge is 2.40. The number of nitrogens with one attached hydrogen (secondary N) is 2. The molecule has 202 valence electrons. The van der Waals surface area contributed by atoms with Gasteiger partial charge in [-0.25, -0.2) is 0 Å². The first-order valence-electron chi connectivity index (χ1n) is 12.7. The van der Waals surface area contributed by atoms with Crippen LogP contribution in [0.2, 0.25) is 0 Å². The van der Waals surface area contributed by atoms with Crippen molar-refractivity contribution in [2.24, 2.45) is 11.8 Å². The summed E-state index contributed by atoms with van der Waals surface area (Å²) in [6.07, 6.45) is 6.82. The standard InChI is InChI=1S/C27H38N4O6/c1-16(2)11-20-26(34)30(5)22(13-19-8-10-37-15-19)25(33)29-23(17(3)4)27(35)31(6)21(24(32)28-20)12-18-7-9-36-14-18/h7-10,14-17,20-23H,11-13H2,1-6H3,(H,28,32)(H,29,33). The van der Waals surface area contributed by atoms with E-state index in [1.54, 1.807) is 26.2 Å². The Morgan fingerprint density at radius 3 is 1.70 bits per heavy atom. The van der Waals surface area contributed by atoms with Gasteiger partial charge in [-0.05, 0) is 41.5 Å². The fraction of sp³-hybridized carbons (Fsp3) is 0.556. The normalized spacial score (nSPS) is 24.2. The average Bonchev–Trinajstić information content (AvgIpc) is 3.55. The smallest absolute Gasteiger partial charge is 0.245 e. The van der Waals surface area contributed by atoms with Crippen LogP contribution >= 0.6 is 0 Å². The van der Waals surface area contributed by atoms with Crippen LogP contribution in [0, 0.1) is 11.8 Å². The second kappa shape index (κ2) is 12.1. The van der Waals surface area contributed by atoms with Crippen LogP contribution in [0.25, 0.3) is 0 Å². The largest absolute Gasteiger partial charge is 0.472 e. The van der Waals surface area contributed by atoms with E-state index in [1.807, 2.05) is 27.7 Å². The van der Waals surface area contributed by atoms with E-state index < -0.39 is 36.0 Å². The minimum absolute atomic E-state index is 0.0914. The van der Waals surface area contributed by atoms with Crippen molar-refractivity contribution in [2.75, 3.05) is 14.1 Å². The second-order valence-corrected chi connectivity index (χ2v) is 10.5. The zero-order valence-corrected chi connectivity index (χ0v) is 22.4. The van der Waals surface area contributed by atoms with Crippen LogP contribution < -0.4 is 10.6 Å². The van der Waals surface area contributed by atoms with Gasteiger partial charge in [0.25, 0.3) is 0 Å². The molecule has 10 nitrogen and oxygen atoms in total. The van der Waals surface area contributed by atoms with Crippen LogP contribution in [0.1, 0.15) is 45.2 Å². The highest BCUT2D eigenvalue weighted by molar-refractivity contribution is 5.97. The van der Waals surface area contributed by atoms with E-state index in [9.17, 15) is 19.2 Å². The highest BCUT2D eigenvalue weighted by Crippen LogP contribution is 2.18. The molecule has 0 spiro atoms. The van der Waals surface area contributed by atoms with Crippen molar-refractivity contribution in [3.63, 3.8) is 0 Å². The lowest BCUT2D eigenvalue weighted by Gasteiger charge is -2.37. The lowest BCUT2D eigenvalue weighted by Crippen LogP contribution is -2.63. The van der Waals surface area contributed by atoms with Crippen molar-refractivity contribution in [2.45, 2.75) is 71.1 Å². The summed E-state index contributed by atoms with van der Waals surface area (Å²) in [5, 5.41) is 5.77. The fourth-order valence-corrected chi connectivity index (χ4v) is 4.57. The molecule has 1 aliphatic heterocycles. The first-order valence-corrected chi connectivity index (χ1v) is 12.7. The Balaban J connectivity index is 2.04. The van der Waals surface area contributed by atoms with Gasteiger partial charge in [0.05, 0.1) is 25.1 Å². The fourth-order valence-electron chi connectivity index (χ4n) is 4.57. The first kappa shape index (κ1) is 28.0. The predicted molar refractivity (Wildman–Crippen MR) is 136 cm³/mol. The second-order valence-electron chi connectivity index (χ2n) is 10.5. The molecule has 1 aliphatic rings. The minimum atomic E-state index is -0.905. The number of hydrogen-bond donors (Lipinski definition) is 2. The van der Waals surface area contributed by atoms with Crippen molar-refractivity contribution in [1.82, 2.24) is 20.4 Å². The summed E-state index contributed by atoms with van der Waals surface area (Å²) in [6, 6.07) is -0.108. The molecule has 1 fully saturated rings. The molecule has 4 atom stereocenters. The van der Waals surface area contributed by atoms with Crippen LogP contribution in [-0.2, 0) is 32.0 Å². The van der Waals surface area contributed by atoms with E-state index in [0.717, 1.165) is 11.1 Å². The van der Waals surface area contributed by atoms with Crippen LogP contribution in [0.3, 0.4) is 0 Å². The molecular weight excluding hydrogens is 476 g/mol. The van der Waals surface area contributed by atoms with E-state index in [0.29, 0.717) is 6.42 Å². The maximum atomic E-state index is 13.7. The number of nitrogens with zero attached hydrogens (tertiary/aromatic N) is 2. The molecule has 4 amide bonds. The summed E-state index contributed by atoms with van der Waals surface area (Å²) in [6.45, 7) is 7.56. The summed E-state index contributed by atoms with van der Waals surface area (Å²) in [4.78, 5) is 57.4. The van der Waals surface area contributed by atoms with E-state index in [1.165, 1.54) is 34.9 Å². The topological polar surface area (TPSA) is 125 Å². The van der Waals surface area contributed by atoms with Crippen LogP contribution in [-0.4, -0.2) is 71.7 Å². The Morgan fingerprint density at radius 1 is 0.784 bits per heavy atom. The zero-order chi connectivity index (χ0) is 27.3. The quantitative estimate of drug-likeness (QED) is 0.582. The summed E-state index contributed by atoms with van der Waals surface area (Å²) in [5.41, 5.74) is 1.47. The van der Waals surface area contributed by atoms with Gasteiger partial charge in [-0.3, -0.25) is 19.2 Å². The van der Waals surface area contributed by atoms with E-state index in [4.69, 9.17) is 8.83 Å². The van der Waals surface area contributed by atoms with Gasteiger partial charge in [-0.1, -0.05) is 27.7 Å². The summed E-state index contributed by atoms with van der Waals surface area (Å²) < 4.78 is 10.3. The first-order chi connectivity index (χ1) is 17.5. The van der Waals surface area contributed by atoms with Crippen LogP contribution in [0.4, 0.5) is 0 Å². The molecule has 0 aromatic carbocycles. The monoisotopic (exact) mass is 514 g/mol. The number of furan rings is 2. The van der Waals surface area contributed by atoms with Gasteiger partial charge in [0.2, 0.25) is 23.6 Å². The van der Waals surface area contributed by atoms with Crippen molar-refractivity contribution < 1.29 is 28.0 Å². The number of hydrogen-bond acceptors (Lipinski definition) is 6. The molecular formula is C27H38N4O6. The average molecular weight is 515 g/mol. The molecule has 1 saturated heterocycles. The number of carbonyl (C=O) groups is 4. The third-order valence-corrected chi connectivity index (χ3v) is 6.81. The van der Waals surface area contributed by atoms with Gasteiger partial charge in [-0.15, -0.1) is 0 Å². The number of rotatable bonds is 7. The highest BCUT2D eigenvalue weighted by atomic mass is 16.3. The van der Waals surface area contributed by atoms with Gasteiger partial charge in [0, 0.05) is 26.9 Å². The summed E-state index contributed by atoms with van der Waals surface area (Å²) >= 11 is 0. The Morgan fingerprint density at radius 2 is 1.27 bits per heavy atom. The van der Waals surface area contributed by atoms with Gasteiger partial charge >= 0.3 is 0 Å². The molecule has 4 unspecified atom stereocenters. The lowest BCUT2D eigenvalue weighted by molar-refractivity contribution is -0.148. The molecule has 37 heavy (non-hydrogen) atoms. The van der Waals surface area contributed by atoms with Crippen molar-refractivity contribution >= 4 is 23.6 Å². The molecule has 0 bridgehead atoms. The molecule has 0 saturated carbocycles. The van der Waals surface area contributed by atoms with E-state index in [-0.39, 0.29) is 36.5 Å². The van der Waals surface area contributed by atoms with Crippen molar-refractivity contribution in [1.29, 1.82) is 0 Å². The van der Waals surface area contributed by atoms with Gasteiger partial charge in [-0.2, -0.15) is 0 Å². The number of carbonyl (C=O) groups excluding carboxylic acids is 4. The molecule has 0 radical (unpaired) electrons. The van der Waals surface area contributed by atoms with E-state index in [2.05, 4.69) is 10.6 Å². The zero-order valence-electron chi connectivity index (χ0n) is 22.4. The van der Waals surface area contributed by atoms with Crippen molar-refractivity contribution in [3.8, 4) is 0 Å². The number of amides is 4. The number of likely N-dealkylation sites (N-methyl/N-ethyl adjacent to an activating group) is 2. The molecule has 2 aromatic rings. The van der Waals surface area contributed by atoms with Crippen LogP contribution in [0.15, 0.2) is 46.0 Å². The molecule has 2 N–H and O–H groups in total. The van der Waals surface area contributed by atoms with Crippen LogP contribution in [0.5, 0.6) is 0 Å². The summed E-state index contributed by atoms with van der Waals surface area (Å²) in [7, 11) is 3.10. The summed E-state index contributed by atoms with van der Waals surface area (Å²) in [5.74, 6) is -1.81. The van der Waals surface area contributed by atoms with Gasteiger partial charge < -0.3 is 29.3 Å². The maximum Gasteiger partial charge on any atom is 0.245 e. The van der Waals surface area contributed by atoms with Gasteiger partial charge in [0.15, 0.2) is 0 Å². The molecule has 10 heteroatoms. The van der Waals surface area contributed by atoms with E-state index >= 15 is 0 Å². The third-order valence-electron chi connectivity index (χ3n) is 6.81. The maximum absolute atomic E-state index is 13.7. The predicted octanol–water partition coefficient (Wildman–Crippen LogP) is 2.00. The molecule has 0 aliphatic carbocycles. The molecule has 2 aromatic heterocycles. The Bertz CT molecular complexity index is 1030. The molecule has 3 heterocycles. The SMILES string of the molecule is CC(C)CC1NC(=O)C(Cc2ccoc2)N(C)C(=O)C(C(C)C)NC(=O)C(Cc2ccoc2)N(C)C1=O. The minimum Gasteiger partial charge on any atom is -0.472 e.